The minimum Gasteiger partial charge on any atom is -0.309 e. The molecular formula is C10H21N. The van der Waals surface area contributed by atoms with Gasteiger partial charge in [-0.15, -0.1) is 0 Å². The van der Waals surface area contributed by atoms with E-state index in [9.17, 15) is 0 Å². The van der Waals surface area contributed by atoms with Crippen LogP contribution < -0.4 is 0 Å². The highest BCUT2D eigenvalue weighted by Gasteiger charge is 1.86. The van der Waals surface area contributed by atoms with Crippen LogP contribution in [0.25, 0.3) is 0 Å². The highest BCUT2D eigenvalue weighted by Crippen LogP contribution is 1.95. The summed E-state index contributed by atoms with van der Waals surface area (Å²) in [4.78, 5) is 2.23. The topological polar surface area (TPSA) is 3.24 Å². The number of rotatable bonds is 6. The van der Waals surface area contributed by atoms with E-state index in [1.54, 1.807) is 0 Å². The molecule has 0 N–H and O–H groups in total. The van der Waals surface area contributed by atoms with Gasteiger partial charge in [0.1, 0.15) is 0 Å². The molecule has 0 fully saturated rings. The molecule has 0 aliphatic carbocycles. The molecule has 0 rings (SSSR count). The SMILES string of the molecule is CCC/C=C/CCCN(C)C. The number of hydrogen-bond donors (Lipinski definition) is 0. The molecule has 66 valence electrons. The van der Waals surface area contributed by atoms with Crippen LogP contribution in [0.5, 0.6) is 0 Å². The van der Waals surface area contributed by atoms with Crippen LogP contribution in [0.2, 0.25) is 0 Å². The molecule has 0 aromatic rings. The molecule has 0 aromatic heterocycles. The highest BCUT2D eigenvalue weighted by atomic mass is 15.0. The van der Waals surface area contributed by atoms with E-state index in [1.165, 1.54) is 32.2 Å². The second-order valence-corrected chi connectivity index (χ2v) is 3.21. The minimum absolute atomic E-state index is 1.20. The standard InChI is InChI=1S/C10H21N/c1-4-5-6-7-8-9-10-11(2)3/h6-7H,4-5,8-10H2,1-3H3/b7-6+. The lowest BCUT2D eigenvalue weighted by atomic mass is 10.2. The molecule has 0 spiro atoms. The maximum absolute atomic E-state index is 2.30. The zero-order valence-corrected chi connectivity index (χ0v) is 8.14. The maximum Gasteiger partial charge on any atom is -0.00219 e. The quantitative estimate of drug-likeness (QED) is 0.421. The Kier molecular flexibility index (Phi) is 7.59. The first-order valence-electron chi connectivity index (χ1n) is 4.57. The van der Waals surface area contributed by atoms with Gasteiger partial charge in [0.25, 0.3) is 0 Å². The number of allylic oxidation sites excluding steroid dienone is 2. The molecule has 0 saturated heterocycles. The van der Waals surface area contributed by atoms with Gasteiger partial charge in [-0.1, -0.05) is 25.5 Å². The fraction of sp³-hybridized carbons (Fsp3) is 0.800. The molecule has 1 heteroatoms. The Morgan fingerprint density at radius 2 is 1.73 bits per heavy atom. The molecule has 0 bridgehead atoms. The van der Waals surface area contributed by atoms with Crippen molar-refractivity contribution in [3.8, 4) is 0 Å². The van der Waals surface area contributed by atoms with Gasteiger partial charge in [0.2, 0.25) is 0 Å². The third kappa shape index (κ3) is 9.70. The Labute approximate surface area is 71.1 Å². The molecule has 0 radical (unpaired) electrons. The summed E-state index contributed by atoms with van der Waals surface area (Å²) < 4.78 is 0. The van der Waals surface area contributed by atoms with Gasteiger partial charge in [0.15, 0.2) is 0 Å². The Hall–Kier alpha value is -0.300. The van der Waals surface area contributed by atoms with Crippen molar-refractivity contribution in [2.45, 2.75) is 32.6 Å². The molecular weight excluding hydrogens is 134 g/mol. The summed E-state index contributed by atoms with van der Waals surface area (Å²) in [5.74, 6) is 0. The average molecular weight is 155 g/mol. The van der Waals surface area contributed by atoms with Crippen LogP contribution in [0.4, 0.5) is 0 Å². The molecule has 0 amide bonds. The summed E-state index contributed by atoms with van der Waals surface area (Å²) in [6, 6.07) is 0. The molecule has 11 heavy (non-hydrogen) atoms. The van der Waals surface area contributed by atoms with Crippen LogP contribution in [-0.4, -0.2) is 25.5 Å². The highest BCUT2D eigenvalue weighted by molar-refractivity contribution is 4.80. The van der Waals surface area contributed by atoms with Gasteiger partial charge >= 0.3 is 0 Å². The van der Waals surface area contributed by atoms with E-state index in [4.69, 9.17) is 0 Å². The van der Waals surface area contributed by atoms with Gasteiger partial charge in [-0.05, 0) is 39.9 Å². The zero-order valence-electron chi connectivity index (χ0n) is 8.14. The van der Waals surface area contributed by atoms with Crippen molar-refractivity contribution in [1.29, 1.82) is 0 Å². The van der Waals surface area contributed by atoms with E-state index >= 15 is 0 Å². The predicted octanol–water partition coefficient (Wildman–Crippen LogP) is 2.68. The van der Waals surface area contributed by atoms with Gasteiger partial charge in [0.05, 0.1) is 0 Å². The second kappa shape index (κ2) is 7.80. The van der Waals surface area contributed by atoms with Crippen molar-refractivity contribution in [2.24, 2.45) is 0 Å². The summed E-state index contributed by atoms with van der Waals surface area (Å²) in [5, 5.41) is 0. The fourth-order valence-corrected chi connectivity index (χ4v) is 0.928. The third-order valence-electron chi connectivity index (χ3n) is 1.60. The smallest absolute Gasteiger partial charge is 0.00219 e. The molecule has 0 heterocycles. The maximum atomic E-state index is 2.30. The van der Waals surface area contributed by atoms with Crippen LogP contribution >= 0.6 is 0 Å². The normalized spacial score (nSPS) is 11.6. The van der Waals surface area contributed by atoms with Gasteiger partial charge in [0, 0.05) is 0 Å². The van der Waals surface area contributed by atoms with Crippen LogP contribution in [0, 0.1) is 0 Å². The summed E-state index contributed by atoms with van der Waals surface area (Å²) in [6.07, 6.45) is 9.61. The second-order valence-electron chi connectivity index (χ2n) is 3.21. The van der Waals surface area contributed by atoms with Crippen molar-refractivity contribution in [1.82, 2.24) is 4.90 Å². The Morgan fingerprint density at radius 1 is 1.09 bits per heavy atom. The van der Waals surface area contributed by atoms with Crippen LogP contribution in [0.3, 0.4) is 0 Å². The van der Waals surface area contributed by atoms with E-state index in [0.717, 1.165) is 0 Å². The Morgan fingerprint density at radius 3 is 2.27 bits per heavy atom. The summed E-state index contributed by atoms with van der Waals surface area (Å²) in [7, 11) is 4.24. The van der Waals surface area contributed by atoms with Crippen LogP contribution in [0.1, 0.15) is 32.6 Å². The zero-order chi connectivity index (χ0) is 8.53. The van der Waals surface area contributed by atoms with Crippen molar-refractivity contribution in [2.75, 3.05) is 20.6 Å². The van der Waals surface area contributed by atoms with E-state index < -0.39 is 0 Å². The van der Waals surface area contributed by atoms with E-state index in [1.807, 2.05) is 0 Å². The average Bonchev–Trinajstić information content (AvgIpc) is 1.96. The first-order valence-corrected chi connectivity index (χ1v) is 4.57. The fourth-order valence-electron chi connectivity index (χ4n) is 0.928. The third-order valence-corrected chi connectivity index (χ3v) is 1.60. The summed E-state index contributed by atoms with van der Waals surface area (Å²) >= 11 is 0. The molecule has 0 aromatic carbocycles. The molecule has 0 saturated carbocycles. The molecule has 0 aliphatic heterocycles. The van der Waals surface area contributed by atoms with E-state index in [-0.39, 0.29) is 0 Å². The lowest BCUT2D eigenvalue weighted by Gasteiger charge is -2.06. The number of nitrogens with zero attached hydrogens (tertiary/aromatic N) is 1. The van der Waals surface area contributed by atoms with Gasteiger partial charge in [-0.3, -0.25) is 0 Å². The molecule has 1 nitrogen and oxygen atoms in total. The number of unbranched alkanes of at least 4 members (excludes halogenated alkanes) is 2. The lowest BCUT2D eigenvalue weighted by molar-refractivity contribution is 0.402. The van der Waals surface area contributed by atoms with E-state index in [2.05, 4.69) is 38.1 Å². The molecule has 0 aliphatic rings. The molecule has 0 atom stereocenters. The molecule has 0 unspecified atom stereocenters. The van der Waals surface area contributed by atoms with Crippen molar-refractivity contribution >= 4 is 0 Å². The number of hydrogen-bond acceptors (Lipinski definition) is 1. The van der Waals surface area contributed by atoms with E-state index in [0.29, 0.717) is 0 Å². The van der Waals surface area contributed by atoms with Crippen LogP contribution in [-0.2, 0) is 0 Å². The van der Waals surface area contributed by atoms with Crippen molar-refractivity contribution < 1.29 is 0 Å². The van der Waals surface area contributed by atoms with Gasteiger partial charge < -0.3 is 4.90 Å². The largest absolute Gasteiger partial charge is 0.309 e. The van der Waals surface area contributed by atoms with Gasteiger partial charge in [-0.2, -0.15) is 0 Å². The van der Waals surface area contributed by atoms with Crippen molar-refractivity contribution in [3.05, 3.63) is 12.2 Å². The Bertz CT molecular complexity index is 95.0. The predicted molar refractivity (Wildman–Crippen MR) is 51.8 cm³/mol. The van der Waals surface area contributed by atoms with Gasteiger partial charge in [-0.25, -0.2) is 0 Å². The monoisotopic (exact) mass is 155 g/mol. The Balaban J connectivity index is 3.01. The lowest BCUT2D eigenvalue weighted by Crippen LogP contribution is -2.12. The first kappa shape index (κ1) is 10.7. The van der Waals surface area contributed by atoms with Crippen LogP contribution in [0.15, 0.2) is 12.2 Å². The summed E-state index contributed by atoms with van der Waals surface area (Å²) in [5.41, 5.74) is 0. The van der Waals surface area contributed by atoms with Crippen molar-refractivity contribution in [3.63, 3.8) is 0 Å². The minimum atomic E-state index is 1.20. The summed E-state index contributed by atoms with van der Waals surface area (Å²) in [6.45, 7) is 3.42. The first-order chi connectivity index (χ1) is 5.27.